The molecule has 0 bridgehead atoms. The van der Waals surface area contributed by atoms with Crippen molar-refractivity contribution in [2.45, 2.75) is 18.9 Å². The van der Waals surface area contributed by atoms with Gasteiger partial charge < -0.3 is 4.74 Å². The molecule has 1 aliphatic heterocycles. The number of nitrogens with zero attached hydrogens (tertiary/aromatic N) is 3. The van der Waals surface area contributed by atoms with E-state index < -0.39 is 0 Å². The molecule has 0 unspecified atom stereocenters. The number of benzene rings is 1. The summed E-state index contributed by atoms with van der Waals surface area (Å²) in [6, 6.07) is 7.87. The molecule has 2 heterocycles. The van der Waals surface area contributed by atoms with Gasteiger partial charge in [-0.1, -0.05) is 34.1 Å². The van der Waals surface area contributed by atoms with Crippen molar-refractivity contribution in [2.24, 2.45) is 5.10 Å². The third kappa shape index (κ3) is 2.74. The van der Waals surface area contributed by atoms with Gasteiger partial charge in [0.05, 0.1) is 6.21 Å². The fourth-order valence-corrected chi connectivity index (χ4v) is 2.68. The Balaban J connectivity index is 1.93. The lowest BCUT2D eigenvalue weighted by molar-refractivity contribution is 0.102. The summed E-state index contributed by atoms with van der Waals surface area (Å²) in [6.45, 7) is 0.762. The highest BCUT2D eigenvalue weighted by Crippen LogP contribution is 2.27. The Morgan fingerprint density at radius 3 is 3.10 bits per heavy atom. The van der Waals surface area contributed by atoms with E-state index in [0.29, 0.717) is 4.77 Å². The lowest BCUT2D eigenvalue weighted by Crippen LogP contribution is -2.05. The number of rotatable bonds is 3. The summed E-state index contributed by atoms with van der Waals surface area (Å²) >= 11 is 8.71. The molecule has 1 aromatic heterocycles. The molecule has 0 aliphatic carbocycles. The molecule has 0 saturated carbocycles. The van der Waals surface area contributed by atoms with Crippen molar-refractivity contribution in [1.82, 2.24) is 14.9 Å². The van der Waals surface area contributed by atoms with E-state index in [2.05, 4.69) is 31.2 Å². The highest BCUT2D eigenvalue weighted by molar-refractivity contribution is 9.10. The predicted octanol–water partition coefficient (Wildman–Crippen LogP) is 3.44. The van der Waals surface area contributed by atoms with Crippen LogP contribution in [0.5, 0.6) is 0 Å². The molecule has 0 amide bonds. The van der Waals surface area contributed by atoms with E-state index in [0.717, 1.165) is 35.3 Å². The van der Waals surface area contributed by atoms with Crippen LogP contribution in [0.4, 0.5) is 0 Å². The van der Waals surface area contributed by atoms with Gasteiger partial charge in [0.2, 0.25) is 4.77 Å². The van der Waals surface area contributed by atoms with Gasteiger partial charge in [-0.25, -0.2) is 0 Å². The number of nitrogens with one attached hydrogen (secondary N) is 1. The Kier molecular flexibility index (Phi) is 4.09. The fraction of sp³-hybridized carbons (Fsp3) is 0.308. The lowest BCUT2D eigenvalue weighted by Gasteiger charge is -2.07. The van der Waals surface area contributed by atoms with E-state index in [9.17, 15) is 0 Å². The Morgan fingerprint density at radius 2 is 2.35 bits per heavy atom. The SMILES string of the molecule is S=c1[nH]nc([C@@H]2CCCO2)n1/N=C\c1ccccc1Br. The molecular weight excluding hydrogens is 340 g/mol. The monoisotopic (exact) mass is 352 g/mol. The molecule has 1 aliphatic rings. The molecule has 1 atom stereocenters. The molecule has 20 heavy (non-hydrogen) atoms. The average molecular weight is 353 g/mol. The minimum Gasteiger partial charge on any atom is -0.370 e. The Morgan fingerprint density at radius 1 is 1.50 bits per heavy atom. The van der Waals surface area contributed by atoms with Crippen LogP contribution in [0.2, 0.25) is 0 Å². The quantitative estimate of drug-likeness (QED) is 0.679. The molecule has 0 radical (unpaired) electrons. The standard InChI is InChI=1S/C13H13BrN4OS/c14-10-5-2-1-4-9(10)8-15-18-12(16-17-13(18)20)11-6-3-7-19-11/h1-2,4-5,8,11H,3,6-7H2,(H,17,20)/b15-8-/t11-/m0/s1. The maximum absolute atomic E-state index is 5.64. The second kappa shape index (κ2) is 5.99. The van der Waals surface area contributed by atoms with Gasteiger partial charge in [0.1, 0.15) is 6.10 Å². The molecular formula is C13H13BrN4OS. The minimum absolute atomic E-state index is 0.0284. The lowest BCUT2D eigenvalue weighted by atomic mass is 10.2. The van der Waals surface area contributed by atoms with Gasteiger partial charge >= 0.3 is 0 Å². The van der Waals surface area contributed by atoms with Crippen molar-refractivity contribution in [3.63, 3.8) is 0 Å². The van der Waals surface area contributed by atoms with Gasteiger partial charge in [0, 0.05) is 16.6 Å². The van der Waals surface area contributed by atoms with Crippen molar-refractivity contribution in [3.8, 4) is 0 Å². The van der Waals surface area contributed by atoms with Crippen molar-refractivity contribution in [1.29, 1.82) is 0 Å². The summed E-state index contributed by atoms with van der Waals surface area (Å²) in [4.78, 5) is 0. The van der Waals surface area contributed by atoms with E-state index in [1.54, 1.807) is 10.9 Å². The molecule has 0 spiro atoms. The highest BCUT2D eigenvalue weighted by Gasteiger charge is 2.23. The van der Waals surface area contributed by atoms with Crippen molar-refractivity contribution in [2.75, 3.05) is 6.61 Å². The van der Waals surface area contributed by atoms with Gasteiger partial charge in [-0.15, -0.1) is 0 Å². The van der Waals surface area contributed by atoms with Crippen molar-refractivity contribution < 1.29 is 4.74 Å². The van der Waals surface area contributed by atoms with Crippen molar-refractivity contribution >= 4 is 34.4 Å². The van der Waals surface area contributed by atoms with Crippen molar-refractivity contribution in [3.05, 3.63) is 44.9 Å². The van der Waals surface area contributed by atoms with Gasteiger partial charge in [-0.05, 0) is 31.1 Å². The third-order valence-corrected chi connectivity index (χ3v) is 4.10. The van der Waals surface area contributed by atoms with Gasteiger partial charge in [0.25, 0.3) is 0 Å². The first kappa shape index (κ1) is 13.7. The molecule has 3 rings (SSSR count). The van der Waals surface area contributed by atoms with Crippen LogP contribution >= 0.6 is 28.1 Å². The number of ether oxygens (including phenoxy) is 1. The number of H-pyrrole nitrogens is 1. The zero-order valence-electron chi connectivity index (χ0n) is 10.6. The fourth-order valence-electron chi connectivity index (χ4n) is 2.10. The third-order valence-electron chi connectivity index (χ3n) is 3.11. The van der Waals surface area contributed by atoms with E-state index in [1.165, 1.54) is 0 Å². The molecule has 104 valence electrons. The summed E-state index contributed by atoms with van der Waals surface area (Å²) in [5.74, 6) is 0.732. The Bertz CT molecular complexity index is 688. The maximum atomic E-state index is 5.64. The number of aromatic amines is 1. The summed E-state index contributed by atoms with van der Waals surface area (Å²) < 4.78 is 8.72. The minimum atomic E-state index is -0.0284. The van der Waals surface area contributed by atoms with Crippen LogP contribution in [0.25, 0.3) is 0 Å². The first-order valence-corrected chi connectivity index (χ1v) is 7.53. The van der Waals surface area contributed by atoms with Gasteiger partial charge in [-0.3, -0.25) is 5.10 Å². The molecule has 1 aromatic carbocycles. The summed E-state index contributed by atoms with van der Waals surface area (Å²) in [6.07, 6.45) is 3.72. The van der Waals surface area contributed by atoms with Gasteiger partial charge in [-0.2, -0.15) is 14.9 Å². The molecule has 5 nitrogen and oxygen atoms in total. The van der Waals surface area contributed by atoms with Crippen LogP contribution in [0, 0.1) is 4.77 Å². The molecule has 1 N–H and O–H groups in total. The summed E-state index contributed by atoms with van der Waals surface area (Å²) in [7, 11) is 0. The predicted molar refractivity (Wildman–Crippen MR) is 82.5 cm³/mol. The van der Waals surface area contributed by atoms with Gasteiger partial charge in [0.15, 0.2) is 5.82 Å². The maximum Gasteiger partial charge on any atom is 0.216 e. The van der Waals surface area contributed by atoms with E-state index in [1.807, 2.05) is 24.3 Å². The zero-order chi connectivity index (χ0) is 13.9. The van der Waals surface area contributed by atoms with Crippen LogP contribution in [0.15, 0.2) is 33.8 Å². The van der Waals surface area contributed by atoms with Crippen LogP contribution in [0.3, 0.4) is 0 Å². The van der Waals surface area contributed by atoms with Crippen LogP contribution < -0.4 is 0 Å². The molecule has 7 heteroatoms. The van der Waals surface area contributed by atoms with E-state index in [-0.39, 0.29) is 6.10 Å². The molecule has 2 aromatic rings. The number of hydrogen-bond donors (Lipinski definition) is 1. The van der Waals surface area contributed by atoms with Crippen LogP contribution in [-0.2, 0) is 4.74 Å². The number of aromatic nitrogens is 3. The molecule has 1 saturated heterocycles. The van der Waals surface area contributed by atoms with E-state index >= 15 is 0 Å². The Labute approximate surface area is 129 Å². The zero-order valence-corrected chi connectivity index (χ0v) is 13.0. The van der Waals surface area contributed by atoms with E-state index in [4.69, 9.17) is 17.0 Å². The number of halogens is 1. The normalized spacial score (nSPS) is 18.9. The topological polar surface area (TPSA) is 55.2 Å². The smallest absolute Gasteiger partial charge is 0.216 e. The summed E-state index contributed by atoms with van der Waals surface area (Å²) in [5, 5.41) is 11.4. The highest BCUT2D eigenvalue weighted by atomic mass is 79.9. The largest absolute Gasteiger partial charge is 0.370 e. The number of hydrogen-bond acceptors (Lipinski definition) is 4. The van der Waals surface area contributed by atoms with Crippen LogP contribution in [-0.4, -0.2) is 27.7 Å². The summed E-state index contributed by atoms with van der Waals surface area (Å²) in [5.41, 5.74) is 0.980. The first-order chi connectivity index (χ1) is 9.75. The second-order valence-electron chi connectivity index (χ2n) is 4.47. The second-order valence-corrected chi connectivity index (χ2v) is 5.71. The Hall–Kier alpha value is -1.31. The average Bonchev–Trinajstić information content (AvgIpc) is 3.08. The first-order valence-electron chi connectivity index (χ1n) is 6.33. The van der Waals surface area contributed by atoms with Crippen LogP contribution in [0.1, 0.15) is 30.3 Å². The molecule has 1 fully saturated rings.